The monoisotopic (exact) mass is 654 g/mol. The summed E-state index contributed by atoms with van der Waals surface area (Å²) in [5.74, 6) is -60.9. The lowest BCUT2D eigenvalue weighted by atomic mass is 9.89. The highest BCUT2D eigenvalue weighted by Crippen LogP contribution is 2.64. The molecule has 1 aliphatic rings. The molecule has 3 nitrogen and oxygen atoms in total. The Bertz CT molecular complexity index is 1180. The molecule has 1 amide bonds. The first-order valence-electron chi connectivity index (χ1n) is 10.3. The molecule has 0 saturated heterocycles. The van der Waals surface area contributed by atoms with Crippen molar-refractivity contribution >= 4 is 33.8 Å². The lowest BCUT2D eigenvalue weighted by Crippen LogP contribution is -2.75. The first kappa shape index (κ1) is 34.0. The molecule has 0 radical (unpaired) electrons. The van der Waals surface area contributed by atoms with Gasteiger partial charge in [-0.25, -0.2) is 0 Å². The number of carbonyl (C=O) groups excluding carboxylic acids is 1. The van der Waals surface area contributed by atoms with Gasteiger partial charge in [0.15, 0.2) is 0 Å². The Balaban J connectivity index is 2.54. The largest absolute Gasteiger partial charge is 0.393 e. The number of anilines is 1. The second-order valence-corrected chi connectivity index (χ2v) is 9.93. The molecule has 0 aromatic carbocycles. The van der Waals surface area contributed by atoms with Crippen LogP contribution >= 0.6 is 22.9 Å². The van der Waals surface area contributed by atoms with Gasteiger partial charge in [0.05, 0.1) is 5.56 Å². The van der Waals surface area contributed by atoms with Gasteiger partial charge in [-0.1, -0.05) is 6.42 Å². The summed E-state index contributed by atoms with van der Waals surface area (Å²) >= 11 is 3.79. The molecule has 0 bridgehead atoms. The molecule has 1 aromatic rings. The molecular formula is C19H11ClF16N2OS. The quantitative estimate of drug-likeness (QED) is 0.166. The Kier molecular flexibility index (Phi) is 8.49. The summed E-state index contributed by atoms with van der Waals surface area (Å²) in [6.45, 7) is 0. The molecule has 1 N–H and O–H groups in total. The van der Waals surface area contributed by atoms with E-state index >= 15 is 0 Å². The van der Waals surface area contributed by atoms with Gasteiger partial charge in [0.2, 0.25) is 0 Å². The van der Waals surface area contributed by atoms with Crippen LogP contribution in [-0.4, -0.2) is 52.7 Å². The summed E-state index contributed by atoms with van der Waals surface area (Å²) in [5.41, 5.74) is -0.465. The number of hydrogen-bond acceptors (Lipinski definition) is 3. The maximum absolute atomic E-state index is 14.2. The van der Waals surface area contributed by atoms with Crippen LogP contribution in [0.25, 0.3) is 0 Å². The van der Waals surface area contributed by atoms with Gasteiger partial charge in [0.1, 0.15) is 11.1 Å². The molecule has 0 aliphatic heterocycles. The fraction of sp³-hybridized carbons (Fsp3) is 0.684. The van der Waals surface area contributed by atoms with Crippen molar-refractivity contribution in [3.05, 3.63) is 16.0 Å². The van der Waals surface area contributed by atoms with Crippen molar-refractivity contribution in [3.8, 4) is 6.07 Å². The average molecular weight is 655 g/mol. The van der Waals surface area contributed by atoms with Crippen molar-refractivity contribution in [2.75, 3.05) is 5.32 Å². The molecular weight excluding hydrogens is 644 g/mol. The van der Waals surface area contributed by atoms with Crippen LogP contribution < -0.4 is 5.32 Å². The minimum atomic E-state index is -8.67. The SMILES string of the molecule is N#Cc1c(NC(=O)C(F)(F)C(F)(F)C(F)(F)C(F)(F)C(F)(F)C(F)(F)C(F)(F)C(F)(F)Cl)sc2c1CCCCC2. The number of aryl methyl sites for hydroxylation is 1. The second-order valence-electron chi connectivity index (χ2n) is 8.35. The summed E-state index contributed by atoms with van der Waals surface area (Å²) < 4.78 is 218. The topological polar surface area (TPSA) is 52.9 Å². The number of rotatable bonds is 9. The third-order valence-electron chi connectivity index (χ3n) is 5.77. The van der Waals surface area contributed by atoms with E-state index in [1.54, 1.807) is 0 Å². The van der Waals surface area contributed by atoms with E-state index in [1.807, 2.05) is 0 Å². The van der Waals surface area contributed by atoms with Crippen LogP contribution in [0.5, 0.6) is 0 Å². The molecule has 0 fully saturated rings. The van der Waals surface area contributed by atoms with Crippen LogP contribution in [0.4, 0.5) is 75.2 Å². The summed E-state index contributed by atoms with van der Waals surface area (Å²) in [6, 6.07) is 1.41. The van der Waals surface area contributed by atoms with E-state index in [9.17, 15) is 80.3 Å². The van der Waals surface area contributed by atoms with E-state index in [-0.39, 0.29) is 23.3 Å². The Morgan fingerprint density at radius 2 is 1.12 bits per heavy atom. The van der Waals surface area contributed by atoms with Gasteiger partial charge in [0.25, 0.3) is 0 Å². The molecule has 1 aromatic heterocycles. The predicted molar refractivity (Wildman–Crippen MR) is 104 cm³/mol. The number of halogens is 17. The minimum Gasteiger partial charge on any atom is -0.311 e. The number of nitrogens with one attached hydrogen (secondary N) is 1. The Morgan fingerprint density at radius 1 is 0.700 bits per heavy atom. The standard InChI is InChI=1S/C19H11ClF16N2OS/c20-19(35,36)18(33,34)17(31,32)16(29,30)15(27,28)14(25,26)13(23,24)12(21,22)11(39)38-10-8(6-37)7-4-2-1-3-5-9(7)40-10/h1-5H2,(H,38,39). The highest BCUT2D eigenvalue weighted by atomic mass is 35.5. The number of alkyl halides is 17. The molecule has 0 unspecified atom stereocenters. The maximum atomic E-state index is 14.2. The first-order chi connectivity index (χ1) is 17.7. The van der Waals surface area contributed by atoms with Gasteiger partial charge in [-0.15, -0.1) is 11.3 Å². The summed E-state index contributed by atoms with van der Waals surface area (Å²) in [6.07, 6.45) is 1.80. The fourth-order valence-corrected chi connectivity index (χ4v) is 4.79. The zero-order valence-electron chi connectivity index (χ0n) is 18.7. The molecule has 21 heteroatoms. The molecule has 2 rings (SSSR count). The Labute approximate surface area is 221 Å². The van der Waals surface area contributed by atoms with Crippen molar-refractivity contribution in [2.24, 2.45) is 0 Å². The molecule has 228 valence electrons. The van der Waals surface area contributed by atoms with Crippen LogP contribution in [0.15, 0.2) is 0 Å². The summed E-state index contributed by atoms with van der Waals surface area (Å²) in [7, 11) is 0. The van der Waals surface area contributed by atoms with E-state index in [2.05, 4.69) is 11.6 Å². The Morgan fingerprint density at radius 3 is 1.57 bits per heavy atom. The normalized spacial score (nSPS) is 16.7. The highest BCUT2D eigenvalue weighted by Gasteiger charge is 2.95. The van der Waals surface area contributed by atoms with Gasteiger partial charge in [0, 0.05) is 4.88 Å². The summed E-state index contributed by atoms with van der Waals surface area (Å²) in [4.78, 5) is 12.1. The zero-order chi connectivity index (χ0) is 31.5. The molecule has 0 saturated carbocycles. The third-order valence-corrected chi connectivity index (χ3v) is 7.21. The molecule has 40 heavy (non-hydrogen) atoms. The number of carbonyl (C=O) groups is 1. The lowest BCUT2D eigenvalue weighted by molar-refractivity contribution is -0.445. The van der Waals surface area contributed by atoms with Crippen LogP contribution in [0, 0.1) is 11.3 Å². The van der Waals surface area contributed by atoms with Gasteiger partial charge >= 0.3 is 52.7 Å². The van der Waals surface area contributed by atoms with Crippen LogP contribution in [0.1, 0.15) is 35.3 Å². The van der Waals surface area contributed by atoms with Crippen LogP contribution in [-0.2, 0) is 17.6 Å². The third kappa shape index (κ3) is 4.64. The van der Waals surface area contributed by atoms with Crippen molar-refractivity contribution < 1.29 is 75.0 Å². The number of nitriles is 1. The van der Waals surface area contributed by atoms with Gasteiger partial charge in [-0.05, 0) is 42.8 Å². The molecule has 1 heterocycles. The van der Waals surface area contributed by atoms with Gasteiger partial charge in [-0.2, -0.15) is 75.5 Å². The lowest BCUT2D eigenvalue weighted by Gasteiger charge is -2.42. The number of fused-ring (bicyclic) bond motifs is 1. The fourth-order valence-electron chi connectivity index (χ4n) is 3.44. The smallest absolute Gasteiger partial charge is 0.311 e. The van der Waals surface area contributed by atoms with E-state index in [1.165, 1.54) is 6.07 Å². The second kappa shape index (κ2) is 9.98. The van der Waals surface area contributed by atoms with E-state index in [0.29, 0.717) is 30.6 Å². The van der Waals surface area contributed by atoms with Crippen molar-refractivity contribution in [1.29, 1.82) is 5.26 Å². The van der Waals surface area contributed by atoms with Gasteiger partial charge in [-0.3, -0.25) is 4.79 Å². The summed E-state index contributed by atoms with van der Waals surface area (Å²) in [5, 5.41) is 2.28. The Hall–Kier alpha value is -2.17. The number of hydrogen-bond donors (Lipinski definition) is 1. The number of amides is 1. The van der Waals surface area contributed by atoms with Gasteiger partial charge < -0.3 is 5.32 Å². The average Bonchev–Trinajstić information content (AvgIpc) is 2.95. The van der Waals surface area contributed by atoms with Crippen molar-refractivity contribution in [3.63, 3.8) is 0 Å². The molecule has 0 spiro atoms. The predicted octanol–water partition coefficient (Wildman–Crippen LogP) is 8.11. The van der Waals surface area contributed by atoms with Crippen LogP contribution in [0.3, 0.4) is 0 Å². The highest BCUT2D eigenvalue weighted by molar-refractivity contribution is 7.16. The molecule has 1 aliphatic carbocycles. The zero-order valence-corrected chi connectivity index (χ0v) is 20.3. The van der Waals surface area contributed by atoms with Crippen LogP contribution in [0.2, 0.25) is 0 Å². The van der Waals surface area contributed by atoms with E-state index in [4.69, 9.17) is 0 Å². The first-order valence-corrected chi connectivity index (χ1v) is 11.5. The minimum absolute atomic E-state index is 0.108. The number of thiophene rings is 1. The number of nitrogens with zero attached hydrogens (tertiary/aromatic N) is 1. The molecule has 0 atom stereocenters. The van der Waals surface area contributed by atoms with Crippen molar-refractivity contribution in [2.45, 2.75) is 78.9 Å². The van der Waals surface area contributed by atoms with Crippen molar-refractivity contribution in [1.82, 2.24) is 0 Å². The van der Waals surface area contributed by atoms with E-state index in [0.717, 1.165) is 5.32 Å². The van der Waals surface area contributed by atoms with E-state index < -0.39 is 63.3 Å². The maximum Gasteiger partial charge on any atom is 0.393 e.